The summed E-state index contributed by atoms with van der Waals surface area (Å²) in [5.41, 5.74) is 2.43. The molecule has 2 fully saturated rings. The highest BCUT2D eigenvalue weighted by atomic mass is 32.1. The van der Waals surface area contributed by atoms with Crippen molar-refractivity contribution in [1.82, 2.24) is 14.9 Å². The molecule has 0 amide bonds. The second-order valence-electron chi connectivity index (χ2n) is 8.58. The maximum Gasteiger partial charge on any atom is 0.141 e. The molecule has 0 aliphatic carbocycles. The van der Waals surface area contributed by atoms with E-state index in [0.717, 1.165) is 56.3 Å². The van der Waals surface area contributed by atoms with Gasteiger partial charge in [-0.2, -0.15) is 0 Å². The number of anilines is 1. The van der Waals surface area contributed by atoms with Gasteiger partial charge in [-0.3, -0.25) is 4.90 Å². The summed E-state index contributed by atoms with van der Waals surface area (Å²) in [5, 5.41) is 3.37. The van der Waals surface area contributed by atoms with Gasteiger partial charge in [-0.05, 0) is 30.7 Å². The Hall–Kier alpha value is -2.09. The predicted octanol–water partition coefficient (Wildman–Crippen LogP) is 4.64. The van der Waals surface area contributed by atoms with Gasteiger partial charge in [0.05, 0.1) is 12.0 Å². The van der Waals surface area contributed by atoms with Crippen molar-refractivity contribution in [3.05, 3.63) is 42.0 Å². The Bertz CT molecular complexity index is 990. The first-order valence-corrected chi connectivity index (χ1v) is 12.1. The van der Waals surface area contributed by atoms with Crippen LogP contribution in [0.15, 0.2) is 42.0 Å². The second-order valence-corrected chi connectivity index (χ2v) is 9.44. The molecule has 164 valence electrons. The third-order valence-electron chi connectivity index (χ3n) is 6.47. The lowest BCUT2D eigenvalue weighted by Crippen LogP contribution is -2.36. The summed E-state index contributed by atoms with van der Waals surface area (Å²) < 4.78 is 19.2. The molecule has 1 unspecified atom stereocenters. The highest BCUT2D eigenvalue weighted by molar-refractivity contribution is 7.17. The minimum Gasteiger partial charge on any atom is -0.380 e. The number of rotatable bonds is 7. The van der Waals surface area contributed by atoms with Crippen LogP contribution in [0.3, 0.4) is 0 Å². The molecule has 5 nitrogen and oxygen atoms in total. The number of benzene rings is 1. The molecule has 2 aliphatic heterocycles. The Labute approximate surface area is 186 Å². The summed E-state index contributed by atoms with van der Waals surface area (Å²) in [7, 11) is 0. The smallest absolute Gasteiger partial charge is 0.141 e. The summed E-state index contributed by atoms with van der Waals surface area (Å²) in [6, 6.07) is 10.5. The molecule has 4 heterocycles. The first-order valence-electron chi connectivity index (χ1n) is 11.2. The van der Waals surface area contributed by atoms with Gasteiger partial charge >= 0.3 is 0 Å². The number of ether oxygens (including phenoxy) is 1. The first-order chi connectivity index (χ1) is 15.3. The van der Waals surface area contributed by atoms with Gasteiger partial charge in [-0.1, -0.05) is 30.3 Å². The molecule has 2 aromatic heterocycles. The molecule has 0 spiro atoms. The van der Waals surface area contributed by atoms with Crippen LogP contribution in [-0.2, 0) is 4.74 Å². The van der Waals surface area contributed by atoms with E-state index in [4.69, 9.17) is 9.72 Å². The summed E-state index contributed by atoms with van der Waals surface area (Å²) >= 11 is 1.69. The van der Waals surface area contributed by atoms with Gasteiger partial charge in [0.15, 0.2) is 0 Å². The van der Waals surface area contributed by atoms with Gasteiger partial charge in [0.25, 0.3) is 0 Å². The van der Waals surface area contributed by atoms with E-state index in [1.54, 1.807) is 17.7 Å². The number of piperidine rings is 1. The van der Waals surface area contributed by atoms with Crippen molar-refractivity contribution in [3.8, 4) is 11.1 Å². The molecule has 0 saturated carbocycles. The number of aromatic nitrogens is 2. The maximum atomic E-state index is 13.3. The van der Waals surface area contributed by atoms with Crippen molar-refractivity contribution in [2.45, 2.75) is 25.4 Å². The van der Waals surface area contributed by atoms with Crippen LogP contribution in [0.2, 0.25) is 0 Å². The van der Waals surface area contributed by atoms with E-state index in [1.165, 1.54) is 16.5 Å². The monoisotopic (exact) mass is 440 g/mol. The molecule has 3 aromatic rings. The molecule has 0 radical (unpaired) electrons. The molecule has 7 heteroatoms. The highest BCUT2D eigenvalue weighted by Crippen LogP contribution is 2.38. The van der Waals surface area contributed by atoms with Crippen LogP contribution in [-0.4, -0.2) is 67.0 Å². The molecular formula is C24H29FN4OS. The Morgan fingerprint density at radius 1 is 1.06 bits per heavy atom. The normalized spacial score (nSPS) is 20.7. The third kappa shape index (κ3) is 4.73. The van der Waals surface area contributed by atoms with E-state index in [-0.39, 0.29) is 0 Å². The highest BCUT2D eigenvalue weighted by Gasteiger charge is 2.24. The zero-order valence-electron chi connectivity index (χ0n) is 17.8. The van der Waals surface area contributed by atoms with E-state index in [9.17, 15) is 4.39 Å². The minimum absolute atomic E-state index is 0.572. The topological polar surface area (TPSA) is 41.5 Å². The van der Waals surface area contributed by atoms with Crippen LogP contribution in [0.4, 0.5) is 10.2 Å². The van der Waals surface area contributed by atoms with Gasteiger partial charge in [-0.25, -0.2) is 14.4 Å². The molecule has 1 atom stereocenters. The number of halogens is 1. The van der Waals surface area contributed by atoms with Gasteiger partial charge in [-0.15, -0.1) is 11.3 Å². The fourth-order valence-corrected chi connectivity index (χ4v) is 5.58. The third-order valence-corrected chi connectivity index (χ3v) is 7.36. The lowest BCUT2D eigenvalue weighted by Gasteiger charge is -2.33. The van der Waals surface area contributed by atoms with E-state index in [0.29, 0.717) is 25.5 Å². The maximum absolute atomic E-state index is 13.3. The van der Waals surface area contributed by atoms with Crippen LogP contribution in [0.5, 0.6) is 0 Å². The van der Waals surface area contributed by atoms with Gasteiger partial charge in [0.2, 0.25) is 0 Å². The van der Waals surface area contributed by atoms with Crippen molar-refractivity contribution in [2.75, 3.05) is 50.8 Å². The Morgan fingerprint density at radius 2 is 1.90 bits per heavy atom. The van der Waals surface area contributed by atoms with Gasteiger partial charge in [0.1, 0.15) is 23.1 Å². The number of nitrogens with zero attached hydrogens (tertiary/aromatic N) is 4. The van der Waals surface area contributed by atoms with Crippen LogP contribution in [0.25, 0.3) is 21.3 Å². The van der Waals surface area contributed by atoms with Crippen LogP contribution in [0, 0.1) is 5.92 Å². The molecule has 2 saturated heterocycles. The molecule has 0 bridgehead atoms. The van der Waals surface area contributed by atoms with E-state index in [1.807, 2.05) is 6.07 Å². The number of thiophene rings is 1. The van der Waals surface area contributed by atoms with Gasteiger partial charge in [0, 0.05) is 50.3 Å². The number of fused-ring (bicyclic) bond motifs is 1. The molecule has 1 aromatic carbocycles. The van der Waals surface area contributed by atoms with Crippen molar-refractivity contribution in [2.24, 2.45) is 5.92 Å². The largest absolute Gasteiger partial charge is 0.380 e. The number of alkyl halides is 1. The lowest BCUT2D eigenvalue weighted by atomic mass is 9.97. The average Bonchev–Trinajstić information content (AvgIpc) is 3.44. The number of likely N-dealkylation sites (tertiary alicyclic amines) is 1. The van der Waals surface area contributed by atoms with Crippen LogP contribution < -0.4 is 4.90 Å². The minimum atomic E-state index is -0.650. The summed E-state index contributed by atoms with van der Waals surface area (Å²) in [6.45, 7) is 5.76. The Balaban J connectivity index is 1.19. The van der Waals surface area contributed by atoms with Crippen molar-refractivity contribution in [3.63, 3.8) is 0 Å². The SMILES string of the molecule is FC1CCN(CCOCC2CCN(c3ncnc4scc(-c5ccccc5)c34)CC2)C1. The Kier molecular flexibility index (Phi) is 6.43. The van der Waals surface area contributed by atoms with Crippen molar-refractivity contribution >= 4 is 27.4 Å². The number of hydrogen-bond donors (Lipinski definition) is 0. The van der Waals surface area contributed by atoms with Crippen LogP contribution >= 0.6 is 11.3 Å². The number of hydrogen-bond acceptors (Lipinski definition) is 6. The lowest BCUT2D eigenvalue weighted by molar-refractivity contribution is 0.0742. The van der Waals surface area contributed by atoms with Crippen LogP contribution in [0.1, 0.15) is 19.3 Å². The zero-order chi connectivity index (χ0) is 21.0. The molecule has 5 rings (SSSR count). The summed E-state index contributed by atoms with van der Waals surface area (Å²) in [5.74, 6) is 1.64. The van der Waals surface area contributed by atoms with Gasteiger partial charge < -0.3 is 9.64 Å². The zero-order valence-corrected chi connectivity index (χ0v) is 18.6. The fraction of sp³-hybridized carbons (Fsp3) is 0.500. The predicted molar refractivity (Wildman–Crippen MR) is 125 cm³/mol. The second kappa shape index (κ2) is 9.59. The summed E-state index contributed by atoms with van der Waals surface area (Å²) in [6.07, 6.45) is 3.92. The average molecular weight is 441 g/mol. The van der Waals surface area contributed by atoms with E-state index in [2.05, 4.69) is 44.4 Å². The van der Waals surface area contributed by atoms with Crippen molar-refractivity contribution < 1.29 is 9.13 Å². The quantitative estimate of drug-likeness (QED) is 0.501. The molecular weight excluding hydrogens is 411 g/mol. The molecule has 0 N–H and O–H groups in total. The summed E-state index contributed by atoms with van der Waals surface area (Å²) in [4.78, 5) is 14.8. The Morgan fingerprint density at radius 3 is 2.68 bits per heavy atom. The fourth-order valence-electron chi connectivity index (χ4n) is 4.67. The van der Waals surface area contributed by atoms with E-state index < -0.39 is 6.17 Å². The molecule has 31 heavy (non-hydrogen) atoms. The molecule has 2 aliphatic rings. The van der Waals surface area contributed by atoms with Crippen molar-refractivity contribution in [1.29, 1.82) is 0 Å². The first kappa shape index (κ1) is 20.8. The standard InChI is InChI=1S/C24H29FN4OS/c25-20-8-9-28(14-20)12-13-30-15-18-6-10-29(11-7-18)23-22-21(19-4-2-1-3-5-19)16-31-24(22)27-17-26-23/h1-5,16-18,20H,6-15H2. The van der Waals surface area contributed by atoms with E-state index >= 15 is 0 Å².